The first-order valence-corrected chi connectivity index (χ1v) is 16.8. The average Bonchev–Trinajstić information content (AvgIpc) is 3.54. The molecule has 2 amide bonds. The van der Waals surface area contributed by atoms with E-state index in [0.717, 1.165) is 26.6 Å². The molecule has 4 unspecified atom stereocenters. The van der Waals surface area contributed by atoms with Crippen molar-refractivity contribution in [2.45, 2.75) is 86.7 Å². The molecule has 0 radical (unpaired) electrons. The Balaban J connectivity index is 1.64. The summed E-state index contributed by atoms with van der Waals surface area (Å²) in [5, 5.41) is 5.72. The van der Waals surface area contributed by atoms with Crippen LogP contribution in [0.2, 0.25) is 0 Å². The van der Waals surface area contributed by atoms with Gasteiger partial charge in [0.25, 0.3) is 11.8 Å². The molecule has 0 saturated heterocycles. The molecular formula is C36H46N4O12. The third kappa shape index (κ3) is 10.5. The number of aromatic amines is 1. The van der Waals surface area contributed by atoms with Crippen LogP contribution in [-0.2, 0) is 47.7 Å². The number of likely N-dealkylation sites (N-methyl/N-ethyl adjacent to an activating group) is 1. The molecule has 1 aliphatic rings. The number of aromatic nitrogens is 1. The van der Waals surface area contributed by atoms with Gasteiger partial charge in [-0.2, -0.15) is 0 Å². The Labute approximate surface area is 301 Å². The summed E-state index contributed by atoms with van der Waals surface area (Å²) < 4.78 is 25.1. The zero-order chi connectivity index (χ0) is 38.9. The number of esters is 5. The third-order valence-electron chi connectivity index (χ3n) is 8.14. The van der Waals surface area contributed by atoms with E-state index in [0.29, 0.717) is 40.3 Å². The van der Waals surface area contributed by atoms with E-state index < -0.39 is 60.2 Å². The number of nitrogens with one attached hydrogen (secondary N) is 3. The Kier molecular flexibility index (Phi) is 14.3. The zero-order valence-electron chi connectivity index (χ0n) is 30.8. The van der Waals surface area contributed by atoms with Crippen LogP contribution in [0.1, 0.15) is 81.3 Å². The van der Waals surface area contributed by atoms with Crippen molar-refractivity contribution in [1.82, 2.24) is 15.2 Å². The summed E-state index contributed by atoms with van der Waals surface area (Å²) in [5.74, 6) is -5.39. The summed E-state index contributed by atoms with van der Waals surface area (Å²) in [6.45, 7) is 16.7. The number of hydrogen-bond acceptors (Lipinski definition) is 13. The number of hydrogen-bond donors (Lipinski definition) is 3. The van der Waals surface area contributed by atoms with Gasteiger partial charge in [0.1, 0.15) is 5.75 Å². The summed E-state index contributed by atoms with van der Waals surface area (Å²) in [4.78, 5) is 92.2. The molecule has 0 bridgehead atoms. The van der Waals surface area contributed by atoms with Crippen molar-refractivity contribution in [2.75, 3.05) is 31.5 Å². The highest BCUT2D eigenvalue weighted by atomic mass is 16.6. The Morgan fingerprint density at radius 2 is 1.37 bits per heavy atom. The number of H-pyrrole nitrogens is 1. The van der Waals surface area contributed by atoms with Crippen molar-refractivity contribution in [3.8, 4) is 5.75 Å². The third-order valence-corrected chi connectivity index (χ3v) is 8.14. The van der Waals surface area contributed by atoms with Gasteiger partial charge in [-0.3, -0.25) is 14.4 Å². The normalized spacial score (nSPS) is 15.1. The molecule has 1 aliphatic heterocycles. The number of ether oxygens (including phenoxy) is 5. The number of aryl methyl sites for hydroxylation is 1. The summed E-state index contributed by atoms with van der Waals surface area (Å²) in [7, 11) is 0. The van der Waals surface area contributed by atoms with E-state index >= 15 is 0 Å². The lowest BCUT2D eigenvalue weighted by molar-refractivity contribution is -0.183. The Morgan fingerprint density at radius 3 is 1.90 bits per heavy atom. The van der Waals surface area contributed by atoms with E-state index in [2.05, 4.69) is 34.4 Å². The quantitative estimate of drug-likeness (QED) is 0.0985. The molecule has 16 nitrogen and oxygen atoms in total. The fourth-order valence-electron chi connectivity index (χ4n) is 5.18. The predicted octanol–water partition coefficient (Wildman–Crippen LogP) is 2.85. The van der Waals surface area contributed by atoms with Crippen molar-refractivity contribution in [3.05, 3.63) is 46.3 Å². The smallest absolute Gasteiger partial charge is 0.352 e. The zero-order valence-corrected chi connectivity index (χ0v) is 30.8. The molecule has 4 atom stereocenters. The maximum absolute atomic E-state index is 13.0. The molecule has 3 N–H and O–H groups in total. The van der Waals surface area contributed by atoms with Crippen LogP contribution in [0.15, 0.2) is 18.2 Å². The molecule has 0 spiro atoms. The molecule has 3 rings (SSSR count). The molecule has 1 aromatic carbocycles. The van der Waals surface area contributed by atoms with Gasteiger partial charge in [0, 0.05) is 42.7 Å². The van der Waals surface area contributed by atoms with Gasteiger partial charge in [0.15, 0.2) is 24.4 Å². The van der Waals surface area contributed by atoms with E-state index in [1.54, 1.807) is 26.0 Å². The number of rotatable bonds is 16. The number of carbonyl (C=O) groups excluding carboxylic acids is 7. The molecular weight excluding hydrogens is 680 g/mol. The molecule has 16 heteroatoms. The summed E-state index contributed by atoms with van der Waals surface area (Å²) >= 11 is 0. The maximum Gasteiger partial charge on any atom is 0.352 e. The van der Waals surface area contributed by atoms with Gasteiger partial charge in [-0.1, -0.05) is 13.8 Å². The van der Waals surface area contributed by atoms with Gasteiger partial charge >= 0.3 is 29.8 Å². The van der Waals surface area contributed by atoms with Crippen molar-refractivity contribution >= 4 is 59.0 Å². The maximum atomic E-state index is 13.0. The highest BCUT2D eigenvalue weighted by molar-refractivity contribution is 6.35. The first-order valence-electron chi connectivity index (χ1n) is 16.8. The minimum atomic E-state index is -1.49. The molecule has 2 heterocycles. The van der Waals surface area contributed by atoms with Gasteiger partial charge in [-0.15, -0.1) is 0 Å². The van der Waals surface area contributed by atoms with Crippen LogP contribution in [0.25, 0.3) is 11.6 Å². The monoisotopic (exact) mass is 726 g/mol. The Hall–Kier alpha value is -5.51. The predicted molar refractivity (Wildman–Crippen MR) is 187 cm³/mol. The first-order chi connectivity index (χ1) is 24.5. The highest BCUT2D eigenvalue weighted by Gasteiger charge is 2.31. The van der Waals surface area contributed by atoms with Gasteiger partial charge in [-0.05, 0) is 84.5 Å². The van der Waals surface area contributed by atoms with Crippen molar-refractivity contribution in [3.63, 3.8) is 0 Å². The van der Waals surface area contributed by atoms with Crippen LogP contribution in [0.4, 0.5) is 5.69 Å². The average molecular weight is 727 g/mol. The van der Waals surface area contributed by atoms with Crippen LogP contribution in [-0.4, -0.2) is 102 Å². The van der Waals surface area contributed by atoms with E-state index in [1.807, 2.05) is 0 Å². The molecule has 52 heavy (non-hydrogen) atoms. The van der Waals surface area contributed by atoms with Gasteiger partial charge in [-0.25, -0.2) is 19.2 Å². The van der Waals surface area contributed by atoms with Crippen molar-refractivity contribution in [2.24, 2.45) is 0 Å². The second kappa shape index (κ2) is 18.1. The number of nitrogens with zero attached hydrogens (tertiary/aromatic N) is 1. The number of benzene rings is 1. The SMILES string of the molecule is CCN(CC)CCNC(=O)c1c(C)[nH]c(/C=C2\C(=O)Nc3ccc(OC(=O)C(C)OC(=O)C(C)OC(=O)C(C)OC(=O)C(C)OC(C)=O)cc32)c1C. The summed E-state index contributed by atoms with van der Waals surface area (Å²) in [5.41, 5.74) is 3.53. The molecule has 282 valence electrons. The minimum Gasteiger partial charge on any atom is -0.451 e. The fourth-order valence-corrected chi connectivity index (χ4v) is 5.18. The number of fused-ring (bicyclic) bond motifs is 1. The highest BCUT2D eigenvalue weighted by Crippen LogP contribution is 2.36. The molecule has 0 fully saturated rings. The van der Waals surface area contributed by atoms with Crippen molar-refractivity contribution in [1.29, 1.82) is 0 Å². The topological polar surface area (TPSA) is 209 Å². The largest absolute Gasteiger partial charge is 0.451 e. The minimum absolute atomic E-state index is 0.0554. The Bertz CT molecular complexity index is 1740. The number of carbonyl (C=O) groups is 7. The van der Waals surface area contributed by atoms with Crippen LogP contribution in [0.3, 0.4) is 0 Å². The second-order valence-corrected chi connectivity index (χ2v) is 12.1. The van der Waals surface area contributed by atoms with Crippen molar-refractivity contribution < 1.29 is 57.2 Å². The van der Waals surface area contributed by atoms with Gasteiger partial charge < -0.3 is 44.2 Å². The van der Waals surface area contributed by atoms with E-state index in [9.17, 15) is 33.6 Å². The van der Waals surface area contributed by atoms with Gasteiger partial charge in [0.05, 0.1) is 11.1 Å². The molecule has 0 saturated carbocycles. The van der Waals surface area contributed by atoms with E-state index in [1.165, 1.54) is 39.8 Å². The van der Waals surface area contributed by atoms with E-state index in [4.69, 9.17) is 23.7 Å². The lowest BCUT2D eigenvalue weighted by Gasteiger charge is -2.19. The second-order valence-electron chi connectivity index (χ2n) is 12.1. The lowest BCUT2D eigenvalue weighted by atomic mass is 10.0. The summed E-state index contributed by atoms with van der Waals surface area (Å²) in [6.07, 6.45) is -4.00. The van der Waals surface area contributed by atoms with Crippen LogP contribution < -0.4 is 15.4 Å². The molecule has 2 aromatic rings. The molecule has 0 aliphatic carbocycles. The van der Waals surface area contributed by atoms with E-state index in [-0.39, 0.29) is 17.2 Å². The number of anilines is 1. The lowest BCUT2D eigenvalue weighted by Crippen LogP contribution is -2.37. The van der Waals surface area contributed by atoms with Gasteiger partial charge in [0.2, 0.25) is 0 Å². The first kappa shape index (κ1) is 40.9. The molecule has 1 aromatic heterocycles. The Morgan fingerprint density at radius 1 is 0.827 bits per heavy atom. The summed E-state index contributed by atoms with van der Waals surface area (Å²) in [6, 6.07) is 4.49. The fraction of sp³-hybridized carbons (Fsp3) is 0.472. The van der Waals surface area contributed by atoms with Crippen LogP contribution in [0, 0.1) is 13.8 Å². The van der Waals surface area contributed by atoms with Crippen LogP contribution in [0.5, 0.6) is 5.75 Å². The number of amides is 2. The standard InChI is InChI=1S/C36H46N4O12/c1-10-40(11-2)15-14-37-32(43)30-18(3)29(38-19(30)4)17-27-26-16-25(12-13-28(26)39-31(27)42)52-36(47)23(8)51-35(46)22(7)50-34(45)21(6)49-33(44)20(5)48-24(9)41/h12-13,16-17,20-23,38H,10-11,14-15H2,1-9H3,(H,37,43)(H,39,42)/b27-17-. The van der Waals surface area contributed by atoms with Crippen LogP contribution >= 0.6 is 0 Å².